The third-order valence-electron chi connectivity index (χ3n) is 5.00. The molecule has 0 bridgehead atoms. The molecule has 32 heavy (non-hydrogen) atoms. The zero-order valence-corrected chi connectivity index (χ0v) is 17.1. The van der Waals surface area contributed by atoms with Crippen molar-refractivity contribution in [1.82, 2.24) is 4.90 Å². The number of nitro benzene ring substituents is 1. The number of aliphatic hydroxyl groups excluding tert-OH is 2. The molecule has 2 N–H and O–H groups in total. The molecule has 0 spiro atoms. The second-order valence-corrected chi connectivity index (χ2v) is 7.13. The number of amides is 2. The van der Waals surface area contributed by atoms with Gasteiger partial charge in [-0.05, 0) is 23.1 Å². The van der Waals surface area contributed by atoms with Crippen LogP contribution in [0.1, 0.15) is 28.9 Å². The molecule has 8 heteroatoms. The van der Waals surface area contributed by atoms with Gasteiger partial charge in [-0.3, -0.25) is 24.6 Å². The number of carbonyl (C=O) groups is 2. The molecule has 3 aromatic rings. The van der Waals surface area contributed by atoms with Gasteiger partial charge >= 0.3 is 0 Å². The molecule has 0 aromatic heterocycles. The van der Waals surface area contributed by atoms with Gasteiger partial charge in [0.25, 0.3) is 17.5 Å². The zero-order chi connectivity index (χ0) is 23.1. The molecule has 2 atom stereocenters. The highest BCUT2D eigenvalue weighted by molar-refractivity contribution is 5.99. The number of imide groups is 1. The molecule has 3 aromatic carbocycles. The number of benzene rings is 3. The third kappa shape index (κ3) is 5.42. The first-order valence-corrected chi connectivity index (χ1v) is 9.93. The number of nitro groups is 1. The largest absolute Gasteiger partial charge is 0.378 e. The van der Waals surface area contributed by atoms with E-state index in [1.54, 1.807) is 60.7 Å². The van der Waals surface area contributed by atoms with Gasteiger partial charge in [0.15, 0.2) is 12.2 Å². The van der Waals surface area contributed by atoms with E-state index in [4.69, 9.17) is 0 Å². The number of nitrogens with zero attached hydrogens (tertiary/aromatic N) is 2. The Hall–Kier alpha value is -3.88. The lowest BCUT2D eigenvalue weighted by atomic mass is 10.0. The van der Waals surface area contributed by atoms with Crippen LogP contribution in [0.5, 0.6) is 0 Å². The van der Waals surface area contributed by atoms with Crippen molar-refractivity contribution in [1.29, 1.82) is 0 Å². The Morgan fingerprint density at radius 2 is 1.22 bits per heavy atom. The van der Waals surface area contributed by atoms with Crippen molar-refractivity contribution in [2.45, 2.75) is 18.6 Å². The van der Waals surface area contributed by atoms with E-state index in [0.29, 0.717) is 16.7 Å². The fraction of sp³-hybridized carbons (Fsp3) is 0.167. The van der Waals surface area contributed by atoms with Crippen LogP contribution >= 0.6 is 0 Å². The SMILES string of the molecule is O=C([C@H](O)c1ccccc1)N(CCc1ccc([N+](=O)[O-])cc1)C(=O)[C@H](O)c1ccccc1. The van der Waals surface area contributed by atoms with Gasteiger partial charge in [0.1, 0.15) is 0 Å². The van der Waals surface area contributed by atoms with Gasteiger partial charge in [-0.15, -0.1) is 0 Å². The second kappa shape index (κ2) is 10.4. The normalized spacial score (nSPS) is 12.6. The summed E-state index contributed by atoms with van der Waals surface area (Å²) >= 11 is 0. The maximum atomic E-state index is 13.0. The molecule has 0 unspecified atom stereocenters. The maximum Gasteiger partial charge on any atom is 0.269 e. The van der Waals surface area contributed by atoms with Crippen LogP contribution in [-0.2, 0) is 16.0 Å². The fourth-order valence-corrected chi connectivity index (χ4v) is 3.21. The molecule has 0 heterocycles. The van der Waals surface area contributed by atoms with Crippen LogP contribution in [0.2, 0.25) is 0 Å². The van der Waals surface area contributed by atoms with Crippen molar-refractivity contribution in [2.24, 2.45) is 0 Å². The summed E-state index contributed by atoms with van der Waals surface area (Å²) in [5.74, 6) is -1.73. The van der Waals surface area contributed by atoms with Crippen LogP contribution in [0.4, 0.5) is 5.69 Å². The summed E-state index contributed by atoms with van der Waals surface area (Å²) < 4.78 is 0. The third-order valence-corrected chi connectivity index (χ3v) is 5.00. The van der Waals surface area contributed by atoms with Gasteiger partial charge in [-0.25, -0.2) is 0 Å². The Morgan fingerprint density at radius 3 is 1.62 bits per heavy atom. The first-order chi connectivity index (χ1) is 15.4. The average molecular weight is 434 g/mol. The van der Waals surface area contributed by atoms with Crippen molar-refractivity contribution in [2.75, 3.05) is 6.54 Å². The minimum absolute atomic E-state index is 0.0724. The van der Waals surface area contributed by atoms with Crippen LogP contribution in [0.15, 0.2) is 84.9 Å². The molecular weight excluding hydrogens is 412 g/mol. The van der Waals surface area contributed by atoms with Crippen LogP contribution < -0.4 is 0 Å². The molecule has 3 rings (SSSR count). The summed E-state index contributed by atoms with van der Waals surface area (Å²) in [5, 5.41) is 31.9. The molecule has 8 nitrogen and oxygen atoms in total. The average Bonchev–Trinajstić information content (AvgIpc) is 2.84. The molecule has 0 radical (unpaired) electrons. The van der Waals surface area contributed by atoms with E-state index in [9.17, 15) is 29.9 Å². The highest BCUT2D eigenvalue weighted by Crippen LogP contribution is 2.21. The summed E-state index contributed by atoms with van der Waals surface area (Å²) in [6.45, 7) is -0.122. The molecule has 0 fully saturated rings. The van der Waals surface area contributed by atoms with E-state index < -0.39 is 28.9 Å². The molecule has 0 saturated carbocycles. The number of aliphatic hydroxyl groups is 2. The molecule has 2 amide bonds. The predicted octanol–water partition coefficient (Wildman–Crippen LogP) is 2.96. The Kier molecular flexibility index (Phi) is 7.43. The number of hydrogen-bond donors (Lipinski definition) is 2. The van der Waals surface area contributed by atoms with E-state index in [0.717, 1.165) is 4.90 Å². The molecule has 0 aliphatic heterocycles. The van der Waals surface area contributed by atoms with Gasteiger partial charge in [0.05, 0.1) is 4.92 Å². The number of hydrogen-bond acceptors (Lipinski definition) is 6. The quantitative estimate of drug-likeness (QED) is 0.415. The van der Waals surface area contributed by atoms with E-state index >= 15 is 0 Å². The van der Waals surface area contributed by atoms with Crippen LogP contribution in [0, 0.1) is 10.1 Å². The molecule has 0 aliphatic carbocycles. The minimum Gasteiger partial charge on any atom is -0.378 e. The summed E-state index contributed by atoms with van der Waals surface area (Å²) in [7, 11) is 0. The van der Waals surface area contributed by atoms with Crippen LogP contribution in [0.25, 0.3) is 0 Å². The molecule has 0 saturated heterocycles. The van der Waals surface area contributed by atoms with E-state index in [1.807, 2.05) is 0 Å². The topological polar surface area (TPSA) is 121 Å². The second-order valence-electron chi connectivity index (χ2n) is 7.13. The van der Waals surface area contributed by atoms with Gasteiger partial charge in [-0.1, -0.05) is 72.8 Å². The predicted molar refractivity (Wildman–Crippen MR) is 116 cm³/mol. The van der Waals surface area contributed by atoms with Gasteiger partial charge in [0.2, 0.25) is 0 Å². The molecule has 164 valence electrons. The monoisotopic (exact) mass is 434 g/mol. The summed E-state index contributed by atoms with van der Waals surface area (Å²) in [6, 6.07) is 22.1. The lowest BCUT2D eigenvalue weighted by molar-refractivity contribution is -0.384. The van der Waals surface area contributed by atoms with Crippen molar-refractivity contribution in [3.8, 4) is 0 Å². The van der Waals surface area contributed by atoms with Gasteiger partial charge in [0, 0.05) is 18.7 Å². The fourth-order valence-electron chi connectivity index (χ4n) is 3.21. The number of non-ortho nitro benzene ring substituents is 1. The van der Waals surface area contributed by atoms with Crippen LogP contribution in [-0.4, -0.2) is 38.4 Å². The lowest BCUT2D eigenvalue weighted by Crippen LogP contribution is -2.43. The number of rotatable bonds is 8. The smallest absolute Gasteiger partial charge is 0.269 e. The lowest BCUT2D eigenvalue weighted by Gasteiger charge is -2.26. The van der Waals surface area contributed by atoms with E-state index in [1.165, 1.54) is 24.3 Å². The standard InChI is InChI=1S/C24H22N2O6/c27-21(18-7-3-1-4-8-18)23(29)25(24(30)22(28)19-9-5-2-6-10-19)16-15-17-11-13-20(14-12-17)26(31)32/h1-14,21-22,27-28H,15-16H2/t21-,22-/m1/s1. The van der Waals surface area contributed by atoms with Crippen molar-refractivity contribution >= 4 is 17.5 Å². The van der Waals surface area contributed by atoms with Gasteiger partial charge < -0.3 is 10.2 Å². The highest BCUT2D eigenvalue weighted by atomic mass is 16.6. The molecular formula is C24H22N2O6. The molecule has 0 aliphatic rings. The summed E-state index contributed by atoms with van der Waals surface area (Å²) in [4.78, 5) is 37.2. The summed E-state index contributed by atoms with van der Waals surface area (Å²) in [6.07, 6.45) is -2.97. The summed E-state index contributed by atoms with van der Waals surface area (Å²) in [5.41, 5.74) is 1.22. The Labute approximate surface area is 184 Å². The van der Waals surface area contributed by atoms with Gasteiger partial charge in [-0.2, -0.15) is 0 Å². The van der Waals surface area contributed by atoms with Crippen molar-refractivity contribution in [3.05, 3.63) is 112 Å². The van der Waals surface area contributed by atoms with Crippen molar-refractivity contribution < 1.29 is 24.7 Å². The van der Waals surface area contributed by atoms with Crippen molar-refractivity contribution in [3.63, 3.8) is 0 Å². The Bertz CT molecular complexity index is 1010. The first kappa shape index (κ1) is 22.8. The highest BCUT2D eigenvalue weighted by Gasteiger charge is 2.32. The van der Waals surface area contributed by atoms with E-state index in [2.05, 4.69) is 0 Å². The Balaban J connectivity index is 1.83. The Morgan fingerprint density at radius 1 is 0.781 bits per heavy atom. The maximum absolute atomic E-state index is 13.0. The first-order valence-electron chi connectivity index (χ1n) is 9.93. The van der Waals surface area contributed by atoms with E-state index in [-0.39, 0.29) is 18.7 Å². The number of carbonyl (C=O) groups excluding carboxylic acids is 2. The van der Waals surface area contributed by atoms with Crippen LogP contribution in [0.3, 0.4) is 0 Å². The minimum atomic E-state index is -1.58. The zero-order valence-electron chi connectivity index (χ0n) is 17.1.